The zero-order valence-corrected chi connectivity index (χ0v) is 15.6. The summed E-state index contributed by atoms with van der Waals surface area (Å²) in [6.45, 7) is 4.43. The summed E-state index contributed by atoms with van der Waals surface area (Å²) in [6.07, 6.45) is 0. The lowest BCUT2D eigenvalue weighted by atomic mass is 10.0. The summed E-state index contributed by atoms with van der Waals surface area (Å²) in [5, 5.41) is 20.1. The van der Waals surface area contributed by atoms with Gasteiger partial charge < -0.3 is 10.6 Å². The summed E-state index contributed by atoms with van der Waals surface area (Å²) in [6, 6.07) is 16.9. The van der Waals surface area contributed by atoms with Crippen LogP contribution in [-0.4, -0.2) is 20.9 Å². The van der Waals surface area contributed by atoms with E-state index in [-0.39, 0.29) is 28.4 Å². The maximum Gasteiger partial charge on any atom is 0.269 e. The van der Waals surface area contributed by atoms with E-state index in [0.29, 0.717) is 11.6 Å². The largest absolute Gasteiger partial charge is 0.384 e. The minimum absolute atomic E-state index is 0.109. The van der Waals surface area contributed by atoms with Gasteiger partial charge in [0.05, 0.1) is 15.5 Å². The lowest BCUT2D eigenvalue weighted by molar-refractivity contribution is -0.384. The fraction of sp³-hybridized carbons (Fsp3) is 0.100. The number of carbonyl (C=O) groups is 1. The molecule has 0 bridgehead atoms. The number of Topliss-reactive ketones (excluding diaryl/α,β-unsaturated/α-hetero) is 1. The number of hydrogen-bond donors (Lipinski definition) is 1. The van der Waals surface area contributed by atoms with Gasteiger partial charge in [0.15, 0.2) is 5.78 Å². The smallest absolute Gasteiger partial charge is 0.269 e. The van der Waals surface area contributed by atoms with Gasteiger partial charge in [-0.25, -0.2) is 0 Å². The number of nitro benzene ring substituents is 1. The zero-order valence-electron chi connectivity index (χ0n) is 14.7. The Morgan fingerprint density at radius 1 is 1.25 bits per heavy atom. The van der Waals surface area contributed by atoms with Gasteiger partial charge in [-0.3, -0.25) is 14.9 Å². The number of carbonyl (C=O) groups excluding carboxylic acids is 1. The molecule has 2 aromatic carbocycles. The van der Waals surface area contributed by atoms with Crippen LogP contribution in [0.15, 0.2) is 77.6 Å². The van der Waals surface area contributed by atoms with Crippen LogP contribution in [0.2, 0.25) is 0 Å². The summed E-state index contributed by atoms with van der Waals surface area (Å²) in [4.78, 5) is 24.9. The fourth-order valence-electron chi connectivity index (χ4n) is 2.81. The number of hydrogen-bond acceptors (Lipinski definition) is 7. The molecule has 1 aliphatic heterocycles. The monoisotopic (exact) mass is 392 g/mol. The van der Waals surface area contributed by atoms with Gasteiger partial charge in [0, 0.05) is 24.2 Å². The summed E-state index contributed by atoms with van der Waals surface area (Å²) < 4.78 is 0. The quantitative estimate of drug-likeness (QED) is 0.470. The first-order valence-electron chi connectivity index (χ1n) is 8.27. The maximum atomic E-state index is 12.9. The molecule has 1 aliphatic rings. The molecule has 0 radical (unpaired) electrons. The highest BCUT2D eigenvalue weighted by atomic mass is 32.2. The molecule has 7 nitrogen and oxygen atoms in total. The SMILES string of the molecule is C=C1SC(C(=O)c2ccc([N+](=O)[O-])cc2)C(C#N)=C(N)N1Cc1ccccc1. The van der Waals surface area contributed by atoms with E-state index in [4.69, 9.17) is 5.73 Å². The molecule has 1 heterocycles. The number of non-ortho nitro benzene ring substituents is 1. The summed E-state index contributed by atoms with van der Waals surface area (Å²) in [7, 11) is 0. The molecular weight excluding hydrogens is 376 g/mol. The van der Waals surface area contributed by atoms with Crippen molar-refractivity contribution in [1.29, 1.82) is 5.26 Å². The maximum absolute atomic E-state index is 12.9. The molecule has 2 N–H and O–H groups in total. The van der Waals surface area contributed by atoms with Crippen molar-refractivity contribution in [2.24, 2.45) is 5.73 Å². The number of rotatable bonds is 5. The van der Waals surface area contributed by atoms with E-state index in [9.17, 15) is 20.2 Å². The number of thioether (sulfide) groups is 1. The first kappa shape index (κ1) is 19.2. The second-order valence-corrected chi connectivity index (χ2v) is 7.22. The minimum Gasteiger partial charge on any atom is -0.384 e. The van der Waals surface area contributed by atoms with Crippen molar-refractivity contribution >= 4 is 23.2 Å². The number of benzene rings is 2. The Kier molecular flexibility index (Phi) is 5.47. The molecule has 0 amide bonds. The predicted octanol–water partition coefficient (Wildman–Crippen LogP) is 3.56. The Bertz CT molecular complexity index is 1010. The van der Waals surface area contributed by atoms with Crippen LogP contribution in [0, 0.1) is 21.4 Å². The van der Waals surface area contributed by atoms with Crippen LogP contribution in [0.1, 0.15) is 15.9 Å². The molecular formula is C20H16N4O3S. The lowest BCUT2D eigenvalue weighted by Crippen LogP contribution is -2.36. The first-order valence-corrected chi connectivity index (χ1v) is 9.15. The van der Waals surface area contributed by atoms with E-state index in [1.807, 2.05) is 36.4 Å². The molecule has 3 rings (SSSR count). The number of ketones is 1. The minimum atomic E-state index is -0.842. The molecule has 0 saturated carbocycles. The molecule has 8 heteroatoms. The van der Waals surface area contributed by atoms with Gasteiger partial charge in [0.2, 0.25) is 0 Å². The van der Waals surface area contributed by atoms with Gasteiger partial charge >= 0.3 is 0 Å². The molecule has 28 heavy (non-hydrogen) atoms. The lowest BCUT2D eigenvalue weighted by Gasteiger charge is -2.34. The molecule has 1 unspecified atom stereocenters. The molecule has 140 valence electrons. The highest BCUT2D eigenvalue weighted by molar-refractivity contribution is 8.04. The highest BCUT2D eigenvalue weighted by Crippen LogP contribution is 2.39. The Hall–Kier alpha value is -3.57. The molecule has 2 aromatic rings. The van der Waals surface area contributed by atoms with E-state index in [1.54, 1.807) is 4.90 Å². The van der Waals surface area contributed by atoms with Crippen molar-refractivity contribution in [1.82, 2.24) is 4.90 Å². The van der Waals surface area contributed by atoms with E-state index in [1.165, 1.54) is 24.3 Å². The third kappa shape index (κ3) is 3.75. The highest BCUT2D eigenvalue weighted by Gasteiger charge is 2.35. The van der Waals surface area contributed by atoms with Crippen molar-refractivity contribution in [2.45, 2.75) is 11.8 Å². The molecule has 0 saturated heterocycles. The molecule has 0 aliphatic carbocycles. The summed E-state index contributed by atoms with van der Waals surface area (Å²) in [5.41, 5.74) is 7.51. The Labute approximate surface area is 165 Å². The van der Waals surface area contributed by atoms with Crippen LogP contribution in [0.3, 0.4) is 0 Å². The third-order valence-corrected chi connectivity index (χ3v) is 5.47. The van der Waals surface area contributed by atoms with E-state index in [2.05, 4.69) is 6.58 Å². The van der Waals surface area contributed by atoms with Crippen LogP contribution in [-0.2, 0) is 6.54 Å². The molecule has 0 spiro atoms. The molecule has 0 aromatic heterocycles. The topological polar surface area (TPSA) is 113 Å². The van der Waals surface area contributed by atoms with Crippen LogP contribution in [0.25, 0.3) is 0 Å². The number of nitrogens with two attached hydrogens (primary N) is 1. The van der Waals surface area contributed by atoms with Gasteiger partial charge in [0.1, 0.15) is 17.1 Å². The fourth-order valence-corrected chi connectivity index (χ4v) is 3.91. The Morgan fingerprint density at radius 2 is 1.89 bits per heavy atom. The average molecular weight is 392 g/mol. The molecule has 1 atom stereocenters. The van der Waals surface area contributed by atoms with Gasteiger partial charge in [-0.2, -0.15) is 5.26 Å². The van der Waals surface area contributed by atoms with E-state index in [0.717, 1.165) is 17.3 Å². The van der Waals surface area contributed by atoms with Crippen LogP contribution in [0.4, 0.5) is 5.69 Å². The van der Waals surface area contributed by atoms with Gasteiger partial charge in [-0.05, 0) is 17.7 Å². The standard InChI is InChI=1S/C20H16N4O3S/c1-13-23(12-14-5-3-2-4-6-14)20(22)17(11-21)19(28-13)18(25)15-7-9-16(10-8-15)24(26)27/h2-10,19H,1,12,22H2. The second-order valence-electron chi connectivity index (χ2n) is 6.04. The summed E-state index contributed by atoms with van der Waals surface area (Å²) in [5.74, 6) is -0.157. The van der Waals surface area contributed by atoms with Gasteiger partial charge in [-0.15, -0.1) is 0 Å². The number of nitriles is 1. The van der Waals surface area contributed by atoms with Gasteiger partial charge in [-0.1, -0.05) is 48.7 Å². The number of nitro groups is 1. The van der Waals surface area contributed by atoms with Crippen LogP contribution >= 0.6 is 11.8 Å². The predicted molar refractivity (Wildman–Crippen MR) is 107 cm³/mol. The molecule has 0 fully saturated rings. The second kappa shape index (κ2) is 7.98. The zero-order chi connectivity index (χ0) is 20.3. The van der Waals surface area contributed by atoms with Gasteiger partial charge in [0.25, 0.3) is 5.69 Å². The van der Waals surface area contributed by atoms with Crippen molar-refractivity contribution in [3.63, 3.8) is 0 Å². The first-order chi connectivity index (χ1) is 13.4. The summed E-state index contributed by atoms with van der Waals surface area (Å²) >= 11 is 1.15. The van der Waals surface area contributed by atoms with Crippen LogP contribution < -0.4 is 5.73 Å². The van der Waals surface area contributed by atoms with Crippen molar-refractivity contribution in [3.8, 4) is 6.07 Å². The van der Waals surface area contributed by atoms with E-state index < -0.39 is 10.2 Å². The third-order valence-electron chi connectivity index (χ3n) is 4.29. The van der Waals surface area contributed by atoms with E-state index >= 15 is 0 Å². The normalized spacial score (nSPS) is 16.6. The van der Waals surface area contributed by atoms with Crippen molar-refractivity contribution < 1.29 is 9.72 Å². The van der Waals surface area contributed by atoms with Crippen LogP contribution in [0.5, 0.6) is 0 Å². The Morgan fingerprint density at radius 3 is 2.46 bits per heavy atom. The van der Waals surface area contributed by atoms with Crippen molar-refractivity contribution in [2.75, 3.05) is 0 Å². The Balaban J connectivity index is 1.90. The number of nitrogens with zero attached hydrogens (tertiary/aromatic N) is 3. The van der Waals surface area contributed by atoms with Crippen molar-refractivity contribution in [3.05, 3.63) is 98.8 Å². The average Bonchev–Trinajstić information content (AvgIpc) is 2.71.